The van der Waals surface area contributed by atoms with Gasteiger partial charge in [-0.15, -0.1) is 0 Å². The largest absolute Gasteiger partial charge is 0.0654 e. The molecule has 0 aliphatic heterocycles. The molecule has 3 rings (SSSR count). The molecule has 0 heterocycles. The Bertz CT molecular complexity index is 585. The molecule has 0 unspecified atom stereocenters. The Morgan fingerprint density at radius 1 is 0.750 bits per heavy atom. The molecule has 0 nitrogen and oxygen atoms in total. The van der Waals surface area contributed by atoms with E-state index in [4.69, 9.17) is 0 Å². The van der Waals surface area contributed by atoms with Crippen LogP contribution in [-0.2, 0) is 6.42 Å². The minimum Gasteiger partial charge on any atom is -0.0654 e. The summed E-state index contributed by atoms with van der Waals surface area (Å²) in [5, 5.41) is 0. The molecule has 0 amide bonds. The fraction of sp³-hybridized carbons (Fsp3) is 0.458. The molecule has 2 aromatic carbocycles. The minimum absolute atomic E-state index is 0.773. The van der Waals surface area contributed by atoms with Gasteiger partial charge in [0, 0.05) is 0 Å². The highest BCUT2D eigenvalue weighted by atomic mass is 14.2. The van der Waals surface area contributed by atoms with E-state index in [1.54, 1.807) is 0 Å². The zero-order chi connectivity index (χ0) is 16.6. The first-order valence-corrected chi connectivity index (χ1v) is 9.88. The second kappa shape index (κ2) is 9.06. The summed E-state index contributed by atoms with van der Waals surface area (Å²) >= 11 is 0. The number of aryl methyl sites for hydroxylation is 1. The molecule has 0 aromatic heterocycles. The van der Waals surface area contributed by atoms with E-state index >= 15 is 0 Å². The van der Waals surface area contributed by atoms with Crippen LogP contribution in [0.5, 0.6) is 0 Å². The van der Waals surface area contributed by atoms with Crippen LogP contribution in [0.25, 0.3) is 11.1 Å². The van der Waals surface area contributed by atoms with Crippen molar-refractivity contribution in [1.82, 2.24) is 0 Å². The summed E-state index contributed by atoms with van der Waals surface area (Å²) in [5.41, 5.74) is 5.69. The molecule has 0 bridgehead atoms. The van der Waals surface area contributed by atoms with Crippen molar-refractivity contribution in [1.29, 1.82) is 0 Å². The molecule has 0 spiro atoms. The molecular weight excluding hydrogens is 288 g/mol. The van der Waals surface area contributed by atoms with Gasteiger partial charge in [-0.05, 0) is 73.1 Å². The first kappa shape index (κ1) is 17.3. The summed E-state index contributed by atoms with van der Waals surface area (Å²) in [6.07, 6.45) is 14.2. The van der Waals surface area contributed by atoms with E-state index < -0.39 is 0 Å². The summed E-state index contributed by atoms with van der Waals surface area (Å²) in [4.78, 5) is 0. The highest BCUT2D eigenvalue weighted by Gasteiger charge is 2.15. The molecular formula is C24H31. The Morgan fingerprint density at radius 3 is 2.00 bits per heavy atom. The molecule has 0 N–H and O–H groups in total. The summed E-state index contributed by atoms with van der Waals surface area (Å²) in [5.74, 6) is 0.773. The summed E-state index contributed by atoms with van der Waals surface area (Å²) in [6.45, 7) is 2.27. The average Bonchev–Trinajstić information content (AvgIpc) is 2.67. The van der Waals surface area contributed by atoms with Crippen LogP contribution in [0.3, 0.4) is 0 Å². The van der Waals surface area contributed by atoms with Gasteiger partial charge in [-0.3, -0.25) is 0 Å². The Labute approximate surface area is 148 Å². The van der Waals surface area contributed by atoms with Gasteiger partial charge in [-0.2, -0.15) is 0 Å². The molecule has 1 aliphatic carbocycles. The maximum absolute atomic E-state index is 2.44. The van der Waals surface area contributed by atoms with Crippen LogP contribution in [0.2, 0.25) is 0 Å². The molecule has 2 aromatic rings. The molecule has 0 saturated heterocycles. The highest BCUT2D eigenvalue weighted by Crippen LogP contribution is 2.33. The van der Waals surface area contributed by atoms with Crippen LogP contribution >= 0.6 is 0 Å². The zero-order valence-corrected chi connectivity index (χ0v) is 15.1. The Morgan fingerprint density at radius 2 is 1.38 bits per heavy atom. The topological polar surface area (TPSA) is 0 Å². The number of unbranched alkanes of at least 4 members (excludes halogenated alkanes) is 3. The van der Waals surface area contributed by atoms with Crippen molar-refractivity contribution in [2.24, 2.45) is 0 Å². The van der Waals surface area contributed by atoms with Gasteiger partial charge in [0.1, 0.15) is 0 Å². The van der Waals surface area contributed by atoms with Gasteiger partial charge < -0.3 is 0 Å². The maximum Gasteiger partial charge on any atom is -0.0162 e. The first-order valence-electron chi connectivity index (χ1n) is 9.88. The summed E-state index contributed by atoms with van der Waals surface area (Å²) < 4.78 is 0. The Balaban J connectivity index is 1.59. The number of hydrogen-bond acceptors (Lipinski definition) is 0. The van der Waals surface area contributed by atoms with E-state index in [2.05, 4.69) is 61.9 Å². The lowest BCUT2D eigenvalue weighted by molar-refractivity contribution is 0.512. The average molecular weight is 320 g/mol. The van der Waals surface area contributed by atoms with Crippen LogP contribution in [0.15, 0.2) is 48.5 Å². The molecule has 1 saturated carbocycles. The lowest BCUT2D eigenvalue weighted by atomic mass is 9.83. The standard InChI is InChI=1S/C24H31/c1-2-3-4-6-9-20-12-14-22(15-13-20)24-18-16-23(17-19-24)21-10-7-5-8-11-21/h5,12-19,21H,2-4,6-11H2,1H3. The Kier molecular flexibility index (Phi) is 6.52. The van der Waals surface area contributed by atoms with Gasteiger partial charge in [0.05, 0.1) is 0 Å². The predicted molar refractivity (Wildman–Crippen MR) is 105 cm³/mol. The lowest BCUT2D eigenvalue weighted by Crippen LogP contribution is -2.04. The van der Waals surface area contributed by atoms with Crippen LogP contribution in [0.1, 0.15) is 75.3 Å². The minimum atomic E-state index is 0.773. The van der Waals surface area contributed by atoms with E-state index in [1.807, 2.05) is 0 Å². The van der Waals surface area contributed by atoms with Gasteiger partial charge in [-0.1, -0.05) is 74.7 Å². The number of rotatable bonds is 7. The number of hydrogen-bond donors (Lipinski definition) is 0. The highest BCUT2D eigenvalue weighted by molar-refractivity contribution is 5.64. The van der Waals surface area contributed by atoms with Crippen molar-refractivity contribution >= 4 is 0 Å². The fourth-order valence-electron chi connectivity index (χ4n) is 3.83. The SMILES string of the molecule is CCCCCCc1ccc(-c2ccc(C3CC[CH]CC3)cc2)cc1. The number of benzene rings is 2. The van der Waals surface area contributed by atoms with E-state index in [-0.39, 0.29) is 0 Å². The third-order valence-electron chi connectivity index (χ3n) is 5.43. The smallest absolute Gasteiger partial charge is 0.0162 e. The van der Waals surface area contributed by atoms with Crippen molar-refractivity contribution in [2.75, 3.05) is 0 Å². The van der Waals surface area contributed by atoms with Crippen molar-refractivity contribution < 1.29 is 0 Å². The van der Waals surface area contributed by atoms with E-state index in [1.165, 1.54) is 80.0 Å². The molecule has 1 aliphatic rings. The van der Waals surface area contributed by atoms with Crippen LogP contribution in [0.4, 0.5) is 0 Å². The molecule has 1 radical (unpaired) electrons. The quantitative estimate of drug-likeness (QED) is 0.468. The maximum atomic E-state index is 2.44. The van der Waals surface area contributed by atoms with Gasteiger partial charge in [0.2, 0.25) is 0 Å². The third kappa shape index (κ3) is 4.72. The molecule has 1 fully saturated rings. The van der Waals surface area contributed by atoms with Crippen LogP contribution < -0.4 is 0 Å². The fourth-order valence-corrected chi connectivity index (χ4v) is 3.83. The summed E-state index contributed by atoms with van der Waals surface area (Å²) in [6, 6.07) is 18.5. The predicted octanol–water partition coefficient (Wildman–Crippen LogP) is 7.34. The normalized spacial score (nSPS) is 15.5. The second-order valence-corrected chi connectivity index (χ2v) is 7.27. The van der Waals surface area contributed by atoms with Gasteiger partial charge in [-0.25, -0.2) is 0 Å². The molecule has 127 valence electrons. The molecule has 0 atom stereocenters. The lowest BCUT2D eigenvalue weighted by Gasteiger charge is -2.22. The molecule has 0 heteroatoms. The van der Waals surface area contributed by atoms with E-state index in [0.29, 0.717) is 0 Å². The summed E-state index contributed by atoms with van der Waals surface area (Å²) in [7, 11) is 0. The van der Waals surface area contributed by atoms with Crippen LogP contribution in [0, 0.1) is 6.42 Å². The third-order valence-corrected chi connectivity index (χ3v) is 5.43. The van der Waals surface area contributed by atoms with Crippen molar-refractivity contribution in [2.45, 2.75) is 70.6 Å². The Hall–Kier alpha value is -1.56. The van der Waals surface area contributed by atoms with Crippen molar-refractivity contribution in [3.05, 3.63) is 66.1 Å². The second-order valence-electron chi connectivity index (χ2n) is 7.27. The first-order chi connectivity index (χ1) is 11.9. The van der Waals surface area contributed by atoms with E-state index in [0.717, 1.165) is 5.92 Å². The van der Waals surface area contributed by atoms with Gasteiger partial charge in [0.15, 0.2) is 0 Å². The van der Waals surface area contributed by atoms with Crippen LogP contribution in [-0.4, -0.2) is 0 Å². The molecule has 24 heavy (non-hydrogen) atoms. The monoisotopic (exact) mass is 319 g/mol. The van der Waals surface area contributed by atoms with Crippen molar-refractivity contribution in [3.63, 3.8) is 0 Å². The van der Waals surface area contributed by atoms with Gasteiger partial charge in [0.25, 0.3) is 0 Å². The van der Waals surface area contributed by atoms with E-state index in [9.17, 15) is 0 Å². The van der Waals surface area contributed by atoms with Crippen molar-refractivity contribution in [3.8, 4) is 11.1 Å². The van der Waals surface area contributed by atoms with Gasteiger partial charge >= 0.3 is 0 Å². The zero-order valence-electron chi connectivity index (χ0n) is 15.1.